The maximum atomic E-state index is 14.6. The molecular formula is C21H19ClFN5O3. The average molecular weight is 444 g/mol. The van der Waals surface area contributed by atoms with Gasteiger partial charge in [-0.1, -0.05) is 17.7 Å². The molecule has 4 rings (SSSR count). The van der Waals surface area contributed by atoms with Gasteiger partial charge in [-0.2, -0.15) is 0 Å². The zero-order valence-corrected chi connectivity index (χ0v) is 17.2. The molecule has 31 heavy (non-hydrogen) atoms. The Morgan fingerprint density at radius 3 is 2.94 bits per heavy atom. The second-order valence-electron chi connectivity index (χ2n) is 7.04. The third-order valence-corrected chi connectivity index (χ3v) is 5.39. The number of amides is 2. The quantitative estimate of drug-likeness (QED) is 0.465. The lowest BCUT2D eigenvalue weighted by Gasteiger charge is -2.23. The van der Waals surface area contributed by atoms with Gasteiger partial charge in [0.15, 0.2) is 11.6 Å². The van der Waals surface area contributed by atoms with Crippen molar-refractivity contribution >= 4 is 34.8 Å². The van der Waals surface area contributed by atoms with Gasteiger partial charge in [-0.25, -0.2) is 4.39 Å². The minimum atomic E-state index is -0.575. The highest BCUT2D eigenvalue weighted by atomic mass is 35.5. The Hall–Kier alpha value is -3.59. The van der Waals surface area contributed by atoms with E-state index in [-0.39, 0.29) is 35.9 Å². The van der Waals surface area contributed by atoms with Gasteiger partial charge in [-0.05, 0) is 18.2 Å². The summed E-state index contributed by atoms with van der Waals surface area (Å²) in [6.45, 7) is 0.230. The van der Waals surface area contributed by atoms with Crippen LogP contribution in [0.5, 0.6) is 5.75 Å². The van der Waals surface area contributed by atoms with Crippen molar-refractivity contribution in [3.8, 4) is 17.0 Å². The van der Waals surface area contributed by atoms with E-state index in [4.69, 9.17) is 22.1 Å². The largest absolute Gasteiger partial charge is 0.493 e. The summed E-state index contributed by atoms with van der Waals surface area (Å²) >= 11 is 6.23. The molecule has 8 nitrogen and oxygen atoms in total. The van der Waals surface area contributed by atoms with Crippen molar-refractivity contribution in [2.45, 2.75) is 12.3 Å². The minimum Gasteiger partial charge on any atom is -0.493 e. The number of H-pyrrole nitrogens is 1. The number of fused-ring (bicyclic) bond motifs is 1. The molecule has 0 saturated carbocycles. The predicted octanol–water partition coefficient (Wildman–Crippen LogP) is 3.32. The van der Waals surface area contributed by atoms with E-state index in [1.807, 2.05) is 0 Å². The molecule has 0 spiro atoms. The molecule has 1 aliphatic rings. The molecule has 5 N–H and O–H groups in total. The Kier molecular flexibility index (Phi) is 5.51. The number of benzene rings is 1. The number of hydrogen-bond acceptors (Lipinski definition) is 5. The highest BCUT2D eigenvalue weighted by Gasteiger charge is 2.34. The highest BCUT2D eigenvalue weighted by Crippen LogP contribution is 2.43. The van der Waals surface area contributed by atoms with E-state index in [1.165, 1.54) is 19.4 Å². The lowest BCUT2D eigenvalue weighted by Crippen LogP contribution is -2.36. The fourth-order valence-corrected chi connectivity index (χ4v) is 3.99. The molecule has 2 amide bonds. The Morgan fingerprint density at radius 1 is 1.42 bits per heavy atom. The molecule has 3 heterocycles. The van der Waals surface area contributed by atoms with Crippen LogP contribution >= 0.6 is 11.6 Å². The minimum absolute atomic E-state index is 0.0198. The summed E-state index contributed by atoms with van der Waals surface area (Å²) in [5.41, 5.74) is 7.51. The van der Waals surface area contributed by atoms with E-state index in [2.05, 4.69) is 20.6 Å². The zero-order valence-electron chi connectivity index (χ0n) is 16.5. The topological polar surface area (TPSA) is 122 Å². The number of nitrogens with one attached hydrogen (secondary N) is 3. The van der Waals surface area contributed by atoms with Gasteiger partial charge in [0.2, 0.25) is 5.91 Å². The van der Waals surface area contributed by atoms with Crippen LogP contribution in [0.4, 0.5) is 15.8 Å². The first-order chi connectivity index (χ1) is 14.9. The molecule has 1 aliphatic heterocycles. The van der Waals surface area contributed by atoms with Crippen molar-refractivity contribution in [3.63, 3.8) is 0 Å². The summed E-state index contributed by atoms with van der Waals surface area (Å²) < 4.78 is 20.0. The number of primary amides is 1. The van der Waals surface area contributed by atoms with Crippen LogP contribution in [0.3, 0.4) is 0 Å². The van der Waals surface area contributed by atoms with Crippen LogP contribution in [0.15, 0.2) is 36.7 Å². The van der Waals surface area contributed by atoms with Crippen LogP contribution in [0.1, 0.15) is 28.4 Å². The summed E-state index contributed by atoms with van der Waals surface area (Å²) in [7, 11) is 1.47. The number of aromatic nitrogens is 2. The summed E-state index contributed by atoms with van der Waals surface area (Å²) in [5, 5.41) is 6.30. The van der Waals surface area contributed by atoms with E-state index >= 15 is 0 Å². The average Bonchev–Trinajstić information content (AvgIpc) is 3.10. The molecule has 0 radical (unpaired) electrons. The van der Waals surface area contributed by atoms with Gasteiger partial charge in [-0.3, -0.25) is 14.6 Å². The molecule has 3 aromatic rings. The van der Waals surface area contributed by atoms with E-state index in [0.29, 0.717) is 33.5 Å². The zero-order chi connectivity index (χ0) is 22.1. The normalized spacial score (nSPS) is 15.2. The van der Waals surface area contributed by atoms with E-state index in [0.717, 1.165) is 6.20 Å². The number of aromatic amines is 1. The molecule has 0 bridgehead atoms. The first kappa shape index (κ1) is 20.7. The second kappa shape index (κ2) is 8.27. The van der Waals surface area contributed by atoms with Gasteiger partial charge in [0, 0.05) is 36.3 Å². The van der Waals surface area contributed by atoms with E-state index in [9.17, 15) is 14.0 Å². The van der Waals surface area contributed by atoms with Crippen LogP contribution in [0, 0.1) is 5.82 Å². The van der Waals surface area contributed by atoms with E-state index < -0.39 is 11.7 Å². The number of nitrogens with two attached hydrogens (primary N) is 1. The number of carbonyl (C=O) groups excluding carboxylic acids is 2. The number of ether oxygens (including phenoxy) is 1. The smallest absolute Gasteiger partial charge is 0.255 e. The number of para-hydroxylation sites is 1. The maximum absolute atomic E-state index is 14.6. The van der Waals surface area contributed by atoms with Crippen molar-refractivity contribution in [3.05, 3.63) is 58.8 Å². The lowest BCUT2D eigenvalue weighted by atomic mass is 9.93. The molecule has 160 valence electrons. The highest BCUT2D eigenvalue weighted by molar-refractivity contribution is 6.32. The van der Waals surface area contributed by atoms with Crippen molar-refractivity contribution < 1.29 is 18.7 Å². The number of rotatable bonds is 6. The Bertz CT molecular complexity index is 1180. The number of nitrogens with zero attached hydrogens (tertiary/aromatic N) is 1. The summed E-state index contributed by atoms with van der Waals surface area (Å²) in [6, 6.07) is 6.60. The predicted molar refractivity (Wildman–Crippen MR) is 114 cm³/mol. The Labute approximate surface area is 182 Å². The van der Waals surface area contributed by atoms with Crippen LogP contribution in [-0.4, -0.2) is 35.4 Å². The van der Waals surface area contributed by atoms with Crippen LogP contribution < -0.4 is 21.1 Å². The molecular weight excluding hydrogens is 425 g/mol. The SMILES string of the molecule is COc1c(Cl)cccc1Nc1c(-c2ccncc2F)[nH]c2c1C(=O)NCC2CC(N)=O. The molecule has 1 unspecified atom stereocenters. The standard InChI is InChI=1S/C21H19ClFN5O3/c1-31-20-12(22)3-2-4-14(20)27-19-16-17(10(7-15(24)29)8-26-21(16)30)28-18(19)11-5-6-25-9-13(11)23/h2-6,9-10,27-28H,7-8H2,1H3,(H2,24,29)(H,26,30). The van der Waals surface area contributed by atoms with Crippen LogP contribution in [0.25, 0.3) is 11.3 Å². The number of carbonyl (C=O) groups is 2. The Balaban J connectivity index is 1.94. The third-order valence-electron chi connectivity index (χ3n) is 5.09. The van der Waals surface area contributed by atoms with Gasteiger partial charge < -0.3 is 26.1 Å². The lowest BCUT2D eigenvalue weighted by molar-refractivity contribution is -0.118. The number of hydrogen-bond donors (Lipinski definition) is 4. The number of halogens is 2. The van der Waals surface area contributed by atoms with Crippen molar-refractivity contribution in [1.82, 2.24) is 15.3 Å². The fraction of sp³-hybridized carbons (Fsp3) is 0.190. The molecule has 0 saturated heterocycles. The maximum Gasteiger partial charge on any atom is 0.255 e. The molecule has 0 fully saturated rings. The number of anilines is 2. The van der Waals surface area contributed by atoms with Crippen LogP contribution in [0.2, 0.25) is 5.02 Å². The van der Waals surface area contributed by atoms with Gasteiger partial charge in [-0.15, -0.1) is 0 Å². The van der Waals surface area contributed by atoms with Gasteiger partial charge in [0.25, 0.3) is 5.91 Å². The first-order valence-electron chi connectivity index (χ1n) is 9.42. The summed E-state index contributed by atoms with van der Waals surface area (Å²) in [4.78, 5) is 31.3. The fourth-order valence-electron chi connectivity index (χ4n) is 3.74. The summed E-state index contributed by atoms with van der Waals surface area (Å²) in [6.07, 6.45) is 2.55. The molecule has 1 atom stereocenters. The Morgan fingerprint density at radius 2 is 2.23 bits per heavy atom. The van der Waals surface area contributed by atoms with Crippen molar-refractivity contribution in [2.24, 2.45) is 5.73 Å². The van der Waals surface area contributed by atoms with Gasteiger partial charge in [0.05, 0.1) is 41.0 Å². The second-order valence-corrected chi connectivity index (χ2v) is 7.45. The molecule has 2 aromatic heterocycles. The van der Waals surface area contributed by atoms with Crippen LogP contribution in [-0.2, 0) is 4.79 Å². The first-order valence-corrected chi connectivity index (χ1v) is 9.80. The number of methoxy groups -OCH3 is 1. The van der Waals surface area contributed by atoms with Crippen molar-refractivity contribution in [2.75, 3.05) is 19.0 Å². The summed E-state index contributed by atoms with van der Waals surface area (Å²) in [5.74, 6) is -1.47. The third kappa shape index (κ3) is 3.79. The molecule has 0 aliphatic carbocycles. The van der Waals surface area contributed by atoms with Gasteiger partial charge in [0.1, 0.15) is 0 Å². The number of pyridine rings is 1. The van der Waals surface area contributed by atoms with Crippen molar-refractivity contribution in [1.29, 1.82) is 0 Å². The molecule has 10 heteroatoms. The molecule has 1 aromatic carbocycles. The van der Waals surface area contributed by atoms with E-state index in [1.54, 1.807) is 18.2 Å². The monoisotopic (exact) mass is 443 g/mol. The van der Waals surface area contributed by atoms with Gasteiger partial charge >= 0.3 is 0 Å².